The molecule has 0 saturated heterocycles. The number of carbonyl (C=O) groups is 3. The third kappa shape index (κ3) is 4.53. The van der Waals surface area contributed by atoms with Gasteiger partial charge in [0.25, 0.3) is 0 Å². The topological polar surface area (TPSA) is 118 Å². The molecule has 0 fully saturated rings. The van der Waals surface area contributed by atoms with Gasteiger partial charge in [-0.1, -0.05) is 0 Å². The first kappa shape index (κ1) is 20.3. The fraction of sp³-hybridized carbons (Fsp3) is 0.150. The summed E-state index contributed by atoms with van der Waals surface area (Å²) >= 11 is 1.38. The standard InChI is InChI=1S/C20H18N2O6S/c1-27-19(25)13-4-6-15(7-5-13)22-18(24)17(23)21-12-20(26,14-8-10-29-11-14)16-3-2-9-28-16/h2-11,26H,12H2,1H3,(H,21,23)(H,22,24)/t20-/m0/s1. The highest BCUT2D eigenvalue weighted by Crippen LogP contribution is 2.31. The number of amides is 2. The van der Waals surface area contributed by atoms with Gasteiger partial charge in [-0.3, -0.25) is 9.59 Å². The molecule has 0 aliphatic heterocycles. The van der Waals surface area contributed by atoms with E-state index in [4.69, 9.17) is 4.42 Å². The van der Waals surface area contributed by atoms with Crippen molar-refractivity contribution < 1.29 is 28.6 Å². The Morgan fingerprint density at radius 1 is 1.14 bits per heavy atom. The van der Waals surface area contributed by atoms with Gasteiger partial charge in [-0.2, -0.15) is 11.3 Å². The molecule has 0 spiro atoms. The number of ether oxygens (including phenoxy) is 1. The lowest BCUT2D eigenvalue weighted by atomic mass is 9.93. The molecular weight excluding hydrogens is 396 g/mol. The summed E-state index contributed by atoms with van der Waals surface area (Å²) in [5.41, 5.74) is -0.426. The Hall–Kier alpha value is -3.43. The zero-order valence-corrected chi connectivity index (χ0v) is 16.2. The molecule has 1 atom stereocenters. The van der Waals surface area contributed by atoms with Gasteiger partial charge in [0, 0.05) is 11.3 Å². The van der Waals surface area contributed by atoms with Gasteiger partial charge in [-0.25, -0.2) is 4.79 Å². The molecule has 0 aliphatic rings. The molecule has 29 heavy (non-hydrogen) atoms. The third-order valence-electron chi connectivity index (χ3n) is 4.20. The van der Waals surface area contributed by atoms with E-state index < -0.39 is 23.4 Å². The summed E-state index contributed by atoms with van der Waals surface area (Å²) in [5, 5.41) is 19.5. The molecule has 8 nitrogen and oxygen atoms in total. The first-order chi connectivity index (χ1) is 13.9. The van der Waals surface area contributed by atoms with Gasteiger partial charge < -0.3 is 24.9 Å². The van der Waals surface area contributed by atoms with E-state index in [0.29, 0.717) is 16.8 Å². The molecule has 2 aromatic heterocycles. The Kier molecular flexibility index (Phi) is 6.10. The minimum absolute atomic E-state index is 0.245. The minimum Gasteiger partial charge on any atom is -0.466 e. The molecule has 0 radical (unpaired) electrons. The van der Waals surface area contributed by atoms with Crippen LogP contribution in [-0.2, 0) is 19.9 Å². The van der Waals surface area contributed by atoms with Crippen molar-refractivity contribution in [2.24, 2.45) is 0 Å². The second kappa shape index (κ2) is 8.72. The van der Waals surface area contributed by atoms with Gasteiger partial charge >= 0.3 is 17.8 Å². The number of carbonyl (C=O) groups excluding carboxylic acids is 3. The van der Waals surface area contributed by atoms with Gasteiger partial charge in [0.2, 0.25) is 0 Å². The molecule has 0 aliphatic carbocycles. The first-order valence-corrected chi connectivity index (χ1v) is 9.45. The highest BCUT2D eigenvalue weighted by Gasteiger charge is 2.36. The van der Waals surface area contributed by atoms with Gasteiger partial charge in [-0.05, 0) is 53.2 Å². The Morgan fingerprint density at radius 3 is 2.48 bits per heavy atom. The number of hydrogen-bond donors (Lipinski definition) is 3. The van der Waals surface area contributed by atoms with Gasteiger partial charge in [0.15, 0.2) is 5.60 Å². The van der Waals surface area contributed by atoms with Crippen molar-refractivity contribution in [2.45, 2.75) is 5.60 Å². The number of thiophene rings is 1. The number of aliphatic hydroxyl groups is 1. The predicted molar refractivity (Wildman–Crippen MR) is 105 cm³/mol. The number of methoxy groups -OCH3 is 1. The van der Waals surface area contributed by atoms with Crippen LogP contribution in [0.4, 0.5) is 5.69 Å². The van der Waals surface area contributed by atoms with Crippen LogP contribution in [-0.4, -0.2) is 36.5 Å². The SMILES string of the molecule is COC(=O)c1ccc(NC(=O)C(=O)NC[C@](O)(c2ccsc2)c2ccco2)cc1. The molecule has 2 amide bonds. The number of benzene rings is 1. The third-order valence-corrected chi connectivity index (χ3v) is 4.89. The Labute approximate surface area is 170 Å². The zero-order chi connectivity index (χ0) is 20.9. The Bertz CT molecular complexity index is 946. The van der Waals surface area contributed by atoms with Crippen molar-refractivity contribution in [3.05, 3.63) is 76.4 Å². The molecule has 0 bridgehead atoms. The van der Waals surface area contributed by atoms with E-state index in [9.17, 15) is 19.5 Å². The number of furan rings is 1. The van der Waals surface area contributed by atoms with E-state index in [1.807, 2.05) is 0 Å². The van der Waals surface area contributed by atoms with Crippen LogP contribution in [0.3, 0.4) is 0 Å². The summed E-state index contributed by atoms with van der Waals surface area (Å²) < 4.78 is 9.92. The van der Waals surface area contributed by atoms with Gasteiger partial charge in [-0.15, -0.1) is 0 Å². The molecule has 3 N–H and O–H groups in total. The van der Waals surface area contributed by atoms with Crippen molar-refractivity contribution in [3.63, 3.8) is 0 Å². The second-order valence-electron chi connectivity index (χ2n) is 6.06. The Balaban J connectivity index is 1.64. The normalized spacial score (nSPS) is 12.6. The molecule has 1 aromatic carbocycles. The lowest BCUT2D eigenvalue weighted by Gasteiger charge is -2.25. The van der Waals surface area contributed by atoms with Crippen LogP contribution in [0.5, 0.6) is 0 Å². The van der Waals surface area contributed by atoms with Crippen LogP contribution in [0.2, 0.25) is 0 Å². The lowest BCUT2D eigenvalue weighted by Crippen LogP contribution is -2.45. The summed E-state index contributed by atoms with van der Waals surface area (Å²) in [5.74, 6) is -2.11. The molecule has 0 unspecified atom stereocenters. The quantitative estimate of drug-likeness (QED) is 0.420. The first-order valence-electron chi connectivity index (χ1n) is 8.50. The lowest BCUT2D eigenvalue weighted by molar-refractivity contribution is -0.136. The van der Waals surface area contributed by atoms with Gasteiger partial charge in [0.05, 0.1) is 25.5 Å². The van der Waals surface area contributed by atoms with Gasteiger partial charge in [0.1, 0.15) is 5.76 Å². The van der Waals surface area contributed by atoms with E-state index >= 15 is 0 Å². The molecule has 0 saturated carbocycles. The zero-order valence-electron chi connectivity index (χ0n) is 15.4. The van der Waals surface area contributed by atoms with E-state index in [1.165, 1.54) is 49.0 Å². The highest BCUT2D eigenvalue weighted by atomic mass is 32.1. The van der Waals surface area contributed by atoms with Crippen molar-refractivity contribution in [1.29, 1.82) is 0 Å². The molecule has 2 heterocycles. The second-order valence-corrected chi connectivity index (χ2v) is 6.84. The fourth-order valence-electron chi connectivity index (χ4n) is 2.63. The molecule has 3 aromatic rings. The maximum Gasteiger partial charge on any atom is 0.337 e. The highest BCUT2D eigenvalue weighted by molar-refractivity contribution is 7.08. The number of esters is 1. The maximum atomic E-state index is 12.2. The molecular formula is C20H18N2O6S. The Morgan fingerprint density at radius 2 is 1.90 bits per heavy atom. The summed E-state index contributed by atoms with van der Waals surface area (Å²) in [6, 6.07) is 10.8. The maximum absolute atomic E-state index is 12.2. The van der Waals surface area contributed by atoms with E-state index in [-0.39, 0.29) is 12.3 Å². The number of rotatable bonds is 6. The number of hydrogen-bond acceptors (Lipinski definition) is 7. The average molecular weight is 414 g/mol. The summed E-state index contributed by atoms with van der Waals surface area (Å²) in [6.07, 6.45) is 1.42. The van der Waals surface area contributed by atoms with Crippen LogP contribution >= 0.6 is 11.3 Å². The van der Waals surface area contributed by atoms with Crippen molar-refractivity contribution in [1.82, 2.24) is 5.32 Å². The summed E-state index contributed by atoms with van der Waals surface area (Å²) in [6.45, 7) is -0.259. The monoisotopic (exact) mass is 414 g/mol. The van der Waals surface area contributed by atoms with E-state index in [0.717, 1.165) is 0 Å². The fourth-order valence-corrected chi connectivity index (χ4v) is 3.35. The molecule has 3 rings (SSSR count). The van der Waals surface area contributed by atoms with E-state index in [2.05, 4.69) is 15.4 Å². The number of anilines is 1. The van der Waals surface area contributed by atoms with Crippen LogP contribution in [0.1, 0.15) is 21.7 Å². The van der Waals surface area contributed by atoms with Crippen molar-refractivity contribution in [3.8, 4) is 0 Å². The van der Waals surface area contributed by atoms with Crippen molar-refractivity contribution in [2.75, 3.05) is 19.0 Å². The summed E-state index contributed by atoms with van der Waals surface area (Å²) in [7, 11) is 1.27. The molecule has 150 valence electrons. The predicted octanol–water partition coefficient (Wildman–Crippen LogP) is 2.12. The largest absolute Gasteiger partial charge is 0.466 e. The van der Waals surface area contributed by atoms with E-state index in [1.54, 1.807) is 29.0 Å². The van der Waals surface area contributed by atoms with Crippen molar-refractivity contribution >= 4 is 34.8 Å². The van der Waals surface area contributed by atoms with Crippen LogP contribution in [0.25, 0.3) is 0 Å². The molecule has 9 heteroatoms. The smallest absolute Gasteiger partial charge is 0.337 e. The minimum atomic E-state index is -1.61. The average Bonchev–Trinajstić information content (AvgIpc) is 3.46. The van der Waals surface area contributed by atoms with Crippen LogP contribution in [0.15, 0.2) is 63.9 Å². The van der Waals surface area contributed by atoms with Crippen LogP contribution < -0.4 is 10.6 Å². The summed E-state index contributed by atoms with van der Waals surface area (Å²) in [4.78, 5) is 35.8. The number of nitrogens with one attached hydrogen (secondary N) is 2. The van der Waals surface area contributed by atoms with Crippen LogP contribution in [0, 0.1) is 0 Å².